The Kier molecular flexibility index (Phi) is 7.10. The van der Waals surface area contributed by atoms with Gasteiger partial charge in [0.05, 0.1) is 16.3 Å². The first-order valence-electron chi connectivity index (χ1n) is 9.16. The zero-order valence-electron chi connectivity index (χ0n) is 17.1. The van der Waals surface area contributed by atoms with Crippen LogP contribution in [0.5, 0.6) is 0 Å². The Bertz CT molecular complexity index is 1080. The summed E-state index contributed by atoms with van der Waals surface area (Å²) >= 11 is 0. The van der Waals surface area contributed by atoms with Gasteiger partial charge in [0.25, 0.3) is 0 Å². The monoisotopic (exact) mass is 439 g/mol. The van der Waals surface area contributed by atoms with Crippen LogP contribution in [0.1, 0.15) is 32.0 Å². The summed E-state index contributed by atoms with van der Waals surface area (Å²) in [7, 11) is -3.90. The van der Waals surface area contributed by atoms with E-state index in [0.717, 1.165) is 22.2 Å². The first-order valence-corrected chi connectivity index (χ1v) is 10.7. The number of aromatic nitrogens is 2. The maximum absolute atomic E-state index is 13.1. The number of aryl methyl sites for hydroxylation is 1. The number of rotatable bonds is 3. The van der Waals surface area contributed by atoms with Crippen LogP contribution in [0.25, 0.3) is 16.9 Å². The van der Waals surface area contributed by atoms with Crippen LogP contribution >= 0.6 is 0 Å². The Morgan fingerprint density at radius 3 is 1.90 bits per heavy atom. The minimum absolute atomic E-state index is 0.138. The van der Waals surface area contributed by atoms with Crippen molar-refractivity contribution in [2.24, 2.45) is 11.1 Å². The second-order valence-corrected chi connectivity index (χ2v) is 9.02. The lowest BCUT2D eigenvalue weighted by molar-refractivity contribution is -0.141. The van der Waals surface area contributed by atoms with Crippen molar-refractivity contribution in [3.63, 3.8) is 0 Å². The molecule has 3 rings (SSSR count). The first-order chi connectivity index (χ1) is 13.8. The second-order valence-electron chi connectivity index (χ2n) is 7.46. The van der Waals surface area contributed by atoms with Gasteiger partial charge in [-0.3, -0.25) is 0 Å². The number of hydrogen-bond donors (Lipinski definition) is 1. The molecule has 0 saturated carbocycles. The van der Waals surface area contributed by atoms with Crippen molar-refractivity contribution in [3.05, 3.63) is 65.9 Å². The molecule has 9 heteroatoms. The molecule has 0 aliphatic rings. The van der Waals surface area contributed by atoms with E-state index in [1.165, 1.54) is 24.3 Å². The minimum Gasteiger partial charge on any atom is -0.233 e. The van der Waals surface area contributed by atoms with Crippen LogP contribution in [-0.2, 0) is 16.2 Å². The number of sulfonamides is 1. The van der Waals surface area contributed by atoms with Crippen LogP contribution in [0.3, 0.4) is 0 Å². The van der Waals surface area contributed by atoms with Gasteiger partial charge in [0.2, 0.25) is 10.0 Å². The standard InChI is InChI=1S/C17H14F3N3O2S.C4H10/c1-11-2-4-12(5-3-11)15-10-16(17(18,19)20)22-23(15)13-6-8-14(9-7-13)26(21,24)25;1-4(2)3/h2-10H,1H3,(H2,21,24,25);4H,1-3H3. The molecule has 0 atom stereocenters. The molecule has 5 nitrogen and oxygen atoms in total. The summed E-state index contributed by atoms with van der Waals surface area (Å²) in [5.41, 5.74) is 0.996. The molecule has 0 aliphatic heterocycles. The van der Waals surface area contributed by atoms with Crippen molar-refractivity contribution in [3.8, 4) is 16.9 Å². The van der Waals surface area contributed by atoms with Crippen molar-refractivity contribution >= 4 is 10.0 Å². The summed E-state index contributed by atoms with van der Waals surface area (Å²) in [5.74, 6) is 0.833. The van der Waals surface area contributed by atoms with Crippen molar-refractivity contribution in [2.45, 2.75) is 38.8 Å². The fourth-order valence-corrected chi connectivity index (χ4v) is 2.94. The number of nitrogens with two attached hydrogens (primary N) is 1. The van der Waals surface area contributed by atoms with E-state index in [1.54, 1.807) is 24.3 Å². The Morgan fingerprint density at radius 1 is 0.967 bits per heavy atom. The van der Waals surface area contributed by atoms with Gasteiger partial charge in [-0.25, -0.2) is 18.2 Å². The molecule has 2 aromatic carbocycles. The molecule has 2 N–H and O–H groups in total. The summed E-state index contributed by atoms with van der Waals surface area (Å²) in [6, 6.07) is 13.1. The summed E-state index contributed by atoms with van der Waals surface area (Å²) < 4.78 is 63.2. The van der Waals surface area contributed by atoms with Gasteiger partial charge in [0.1, 0.15) is 0 Å². The predicted molar refractivity (Wildman–Crippen MR) is 111 cm³/mol. The largest absolute Gasteiger partial charge is 0.435 e. The number of halogens is 3. The fraction of sp³-hybridized carbons (Fsp3) is 0.286. The maximum Gasteiger partial charge on any atom is 0.435 e. The van der Waals surface area contributed by atoms with Crippen LogP contribution in [0.2, 0.25) is 0 Å². The maximum atomic E-state index is 13.1. The van der Waals surface area contributed by atoms with Crippen LogP contribution in [0.15, 0.2) is 59.5 Å². The second kappa shape index (κ2) is 9.01. The predicted octanol–water partition coefficient (Wildman–Crippen LogP) is 5.18. The van der Waals surface area contributed by atoms with Gasteiger partial charge >= 0.3 is 6.18 Å². The number of hydrogen-bond acceptors (Lipinski definition) is 3. The minimum atomic E-state index is -4.61. The molecule has 0 amide bonds. The lowest BCUT2D eigenvalue weighted by atomic mass is 10.1. The Hall–Kier alpha value is -2.65. The van der Waals surface area contributed by atoms with E-state index in [2.05, 4.69) is 25.9 Å². The molecule has 3 aromatic rings. The third-order valence-corrected chi connectivity index (χ3v) is 4.69. The van der Waals surface area contributed by atoms with Gasteiger partial charge in [-0.15, -0.1) is 0 Å². The van der Waals surface area contributed by atoms with E-state index in [4.69, 9.17) is 5.14 Å². The first kappa shape index (κ1) is 23.6. The molecule has 0 radical (unpaired) electrons. The number of benzene rings is 2. The molecule has 30 heavy (non-hydrogen) atoms. The summed E-state index contributed by atoms with van der Waals surface area (Å²) in [6.45, 7) is 8.37. The van der Waals surface area contributed by atoms with Gasteiger partial charge in [-0.1, -0.05) is 50.6 Å². The Morgan fingerprint density at radius 2 is 1.47 bits per heavy atom. The zero-order valence-corrected chi connectivity index (χ0v) is 17.9. The van der Waals surface area contributed by atoms with E-state index >= 15 is 0 Å². The molecular weight excluding hydrogens is 415 g/mol. The van der Waals surface area contributed by atoms with Gasteiger partial charge in [0.15, 0.2) is 5.69 Å². The van der Waals surface area contributed by atoms with Crippen LogP contribution in [-0.4, -0.2) is 18.2 Å². The van der Waals surface area contributed by atoms with Gasteiger partial charge in [-0.05, 0) is 43.2 Å². The van der Waals surface area contributed by atoms with E-state index in [-0.39, 0.29) is 16.3 Å². The van der Waals surface area contributed by atoms with Crippen LogP contribution < -0.4 is 5.14 Å². The molecule has 0 unspecified atom stereocenters. The molecule has 1 heterocycles. The number of nitrogens with zero attached hydrogens (tertiary/aromatic N) is 2. The highest BCUT2D eigenvalue weighted by Gasteiger charge is 2.35. The van der Waals surface area contributed by atoms with E-state index in [9.17, 15) is 21.6 Å². The summed E-state index contributed by atoms with van der Waals surface area (Å²) in [5, 5.41) is 8.70. The lowest BCUT2D eigenvalue weighted by Crippen LogP contribution is -2.12. The summed E-state index contributed by atoms with van der Waals surface area (Å²) in [4.78, 5) is -0.138. The third kappa shape index (κ3) is 6.17. The number of primary sulfonamides is 1. The quantitative estimate of drug-likeness (QED) is 0.611. The molecule has 0 fully saturated rings. The highest BCUT2D eigenvalue weighted by Crippen LogP contribution is 2.33. The summed E-state index contributed by atoms with van der Waals surface area (Å²) in [6.07, 6.45) is -4.61. The SMILES string of the molecule is CC(C)C.Cc1ccc(-c2cc(C(F)(F)F)nn2-c2ccc(S(N)(=O)=O)cc2)cc1. The smallest absolute Gasteiger partial charge is 0.233 e. The molecule has 0 saturated heterocycles. The average molecular weight is 440 g/mol. The lowest BCUT2D eigenvalue weighted by Gasteiger charge is -2.09. The van der Waals surface area contributed by atoms with Gasteiger partial charge in [0, 0.05) is 5.56 Å². The van der Waals surface area contributed by atoms with Crippen molar-refractivity contribution < 1.29 is 21.6 Å². The van der Waals surface area contributed by atoms with Crippen LogP contribution in [0.4, 0.5) is 13.2 Å². The Balaban J connectivity index is 0.000000735. The third-order valence-electron chi connectivity index (χ3n) is 3.76. The highest BCUT2D eigenvalue weighted by molar-refractivity contribution is 7.89. The molecular formula is C21H24F3N3O2S. The molecule has 0 spiro atoms. The van der Waals surface area contributed by atoms with E-state index < -0.39 is 21.9 Å². The van der Waals surface area contributed by atoms with Crippen molar-refractivity contribution in [1.82, 2.24) is 9.78 Å². The normalized spacial score (nSPS) is 11.9. The highest BCUT2D eigenvalue weighted by atomic mass is 32.2. The van der Waals surface area contributed by atoms with Crippen LogP contribution in [0, 0.1) is 12.8 Å². The Labute approximate surface area is 174 Å². The topological polar surface area (TPSA) is 78.0 Å². The molecule has 1 aromatic heterocycles. The number of alkyl halides is 3. The molecule has 162 valence electrons. The van der Waals surface area contributed by atoms with Crippen molar-refractivity contribution in [1.29, 1.82) is 0 Å². The fourth-order valence-electron chi connectivity index (χ4n) is 2.42. The van der Waals surface area contributed by atoms with E-state index in [0.29, 0.717) is 5.56 Å². The molecule has 0 bridgehead atoms. The molecule has 0 aliphatic carbocycles. The van der Waals surface area contributed by atoms with Gasteiger partial charge < -0.3 is 0 Å². The average Bonchev–Trinajstić information content (AvgIpc) is 3.07. The zero-order chi connectivity index (χ0) is 22.7. The van der Waals surface area contributed by atoms with E-state index in [1.807, 2.05) is 6.92 Å². The van der Waals surface area contributed by atoms with Gasteiger partial charge in [-0.2, -0.15) is 18.3 Å². The van der Waals surface area contributed by atoms with Crippen molar-refractivity contribution in [2.75, 3.05) is 0 Å².